The Hall–Kier alpha value is -1.32. The Morgan fingerprint density at radius 3 is 2.74 bits per heavy atom. The van der Waals surface area contributed by atoms with Gasteiger partial charge in [-0.1, -0.05) is 24.6 Å². The lowest BCUT2D eigenvalue weighted by molar-refractivity contribution is 0.220. The number of hydrogen-bond acceptors (Lipinski definition) is 3. The molecule has 1 fully saturated rings. The summed E-state index contributed by atoms with van der Waals surface area (Å²) in [6, 6.07) is 8.38. The van der Waals surface area contributed by atoms with Gasteiger partial charge in [-0.3, -0.25) is 4.90 Å². The summed E-state index contributed by atoms with van der Waals surface area (Å²) in [5.74, 6) is 1.09. The van der Waals surface area contributed by atoms with E-state index in [4.69, 9.17) is 4.42 Å². The Morgan fingerprint density at radius 1 is 1.16 bits per heavy atom. The normalized spacial score (nSPS) is 17.1. The highest BCUT2D eigenvalue weighted by atomic mass is 16.3. The highest BCUT2D eigenvalue weighted by Gasteiger charge is 2.17. The van der Waals surface area contributed by atoms with Crippen molar-refractivity contribution in [3.63, 3.8) is 0 Å². The lowest BCUT2D eigenvalue weighted by Gasteiger charge is -2.26. The first-order chi connectivity index (χ1) is 9.38. The molecule has 0 radical (unpaired) electrons. The molecule has 0 saturated carbocycles. The molecule has 3 heteroatoms. The predicted molar refractivity (Wildman–Crippen MR) is 78.1 cm³/mol. The second-order valence-electron chi connectivity index (χ2n) is 5.37. The molecule has 3 nitrogen and oxygen atoms in total. The third kappa shape index (κ3) is 2.67. The zero-order valence-corrected chi connectivity index (χ0v) is 11.6. The number of fused-ring (bicyclic) bond motifs is 1. The molecule has 0 bridgehead atoms. The molecule has 102 valence electrons. The van der Waals surface area contributed by atoms with Crippen LogP contribution in [0.2, 0.25) is 0 Å². The maximum atomic E-state index is 5.99. The van der Waals surface area contributed by atoms with Gasteiger partial charge >= 0.3 is 0 Å². The molecule has 0 atom stereocenters. The Labute approximate surface area is 114 Å². The number of nitrogens with one attached hydrogen (secondary N) is 1. The van der Waals surface area contributed by atoms with Crippen LogP contribution in [-0.2, 0) is 13.1 Å². The summed E-state index contributed by atoms with van der Waals surface area (Å²) in [7, 11) is 1.97. The van der Waals surface area contributed by atoms with E-state index in [1.54, 1.807) is 0 Å². The molecule has 0 spiro atoms. The zero-order chi connectivity index (χ0) is 13.1. The van der Waals surface area contributed by atoms with Crippen LogP contribution < -0.4 is 5.32 Å². The fraction of sp³-hybridized carbons (Fsp3) is 0.500. The van der Waals surface area contributed by atoms with Crippen LogP contribution in [-0.4, -0.2) is 25.0 Å². The van der Waals surface area contributed by atoms with E-state index >= 15 is 0 Å². The monoisotopic (exact) mass is 258 g/mol. The molecule has 3 rings (SSSR count). The zero-order valence-electron chi connectivity index (χ0n) is 11.6. The summed E-state index contributed by atoms with van der Waals surface area (Å²) >= 11 is 0. The summed E-state index contributed by atoms with van der Waals surface area (Å²) in [5, 5.41) is 4.49. The van der Waals surface area contributed by atoms with Crippen molar-refractivity contribution in [1.29, 1.82) is 0 Å². The van der Waals surface area contributed by atoms with Crippen LogP contribution in [0.4, 0.5) is 0 Å². The van der Waals surface area contributed by atoms with E-state index in [0.717, 1.165) is 24.4 Å². The second kappa shape index (κ2) is 5.76. The number of hydrogen-bond donors (Lipinski definition) is 1. The number of rotatable bonds is 4. The third-order valence-electron chi connectivity index (χ3n) is 3.95. The van der Waals surface area contributed by atoms with Crippen LogP contribution in [0.1, 0.15) is 30.6 Å². The van der Waals surface area contributed by atoms with E-state index in [9.17, 15) is 0 Å². The molecule has 2 heterocycles. The molecule has 2 aromatic rings. The van der Waals surface area contributed by atoms with E-state index in [1.807, 2.05) is 13.1 Å². The Bertz CT molecular complexity index is 541. The van der Waals surface area contributed by atoms with Gasteiger partial charge in [0.2, 0.25) is 0 Å². The Kier molecular flexibility index (Phi) is 3.85. The SMILES string of the molecule is CNCc1oc2ccccc2c1CN1CCCCC1. The molecule has 1 aromatic heterocycles. The molecular formula is C16H22N2O. The molecule has 1 aliphatic rings. The van der Waals surface area contributed by atoms with Crippen molar-refractivity contribution >= 4 is 11.0 Å². The van der Waals surface area contributed by atoms with Crippen molar-refractivity contribution in [3.8, 4) is 0 Å². The molecular weight excluding hydrogens is 236 g/mol. The molecule has 0 amide bonds. The highest BCUT2D eigenvalue weighted by molar-refractivity contribution is 5.82. The average Bonchev–Trinajstić information content (AvgIpc) is 2.79. The lowest BCUT2D eigenvalue weighted by atomic mass is 10.1. The standard InChI is InChI=1S/C16H22N2O/c1-17-11-16-14(12-18-9-5-2-6-10-18)13-7-3-4-8-15(13)19-16/h3-4,7-8,17H,2,5-6,9-12H2,1H3. The summed E-state index contributed by atoms with van der Waals surface area (Å²) < 4.78 is 5.99. The van der Waals surface area contributed by atoms with Gasteiger partial charge in [0, 0.05) is 17.5 Å². The minimum absolute atomic E-state index is 0.803. The third-order valence-corrected chi connectivity index (χ3v) is 3.95. The summed E-state index contributed by atoms with van der Waals surface area (Å²) in [6.07, 6.45) is 4.04. The van der Waals surface area contributed by atoms with E-state index in [2.05, 4.69) is 28.4 Å². The topological polar surface area (TPSA) is 28.4 Å². The summed E-state index contributed by atoms with van der Waals surface area (Å²) in [6.45, 7) is 4.27. The highest BCUT2D eigenvalue weighted by Crippen LogP contribution is 2.28. The van der Waals surface area contributed by atoms with Gasteiger partial charge in [0.15, 0.2) is 0 Å². The second-order valence-corrected chi connectivity index (χ2v) is 5.37. The lowest BCUT2D eigenvalue weighted by Crippen LogP contribution is -2.29. The van der Waals surface area contributed by atoms with Crippen molar-refractivity contribution < 1.29 is 4.42 Å². The van der Waals surface area contributed by atoms with Gasteiger partial charge in [-0.25, -0.2) is 0 Å². The molecule has 1 N–H and O–H groups in total. The fourth-order valence-corrected chi connectivity index (χ4v) is 2.97. The van der Waals surface area contributed by atoms with E-state index in [1.165, 1.54) is 43.3 Å². The predicted octanol–water partition coefficient (Wildman–Crippen LogP) is 3.14. The molecule has 1 aliphatic heterocycles. The van der Waals surface area contributed by atoms with Crippen molar-refractivity contribution in [2.45, 2.75) is 32.4 Å². The average molecular weight is 258 g/mol. The number of furan rings is 1. The van der Waals surface area contributed by atoms with Gasteiger partial charge in [0.1, 0.15) is 11.3 Å². The molecule has 1 saturated heterocycles. The first-order valence-electron chi connectivity index (χ1n) is 7.24. The molecule has 0 aliphatic carbocycles. The van der Waals surface area contributed by atoms with Crippen LogP contribution in [0.5, 0.6) is 0 Å². The first-order valence-corrected chi connectivity index (χ1v) is 7.24. The Balaban J connectivity index is 1.92. The van der Waals surface area contributed by atoms with Crippen LogP contribution in [0.15, 0.2) is 28.7 Å². The summed E-state index contributed by atoms with van der Waals surface area (Å²) in [4.78, 5) is 2.56. The minimum atomic E-state index is 0.803. The van der Waals surface area contributed by atoms with Crippen LogP contribution in [0.25, 0.3) is 11.0 Å². The number of likely N-dealkylation sites (tertiary alicyclic amines) is 1. The maximum absolute atomic E-state index is 5.99. The van der Waals surface area contributed by atoms with Crippen LogP contribution >= 0.6 is 0 Å². The van der Waals surface area contributed by atoms with Crippen molar-refractivity contribution in [1.82, 2.24) is 10.2 Å². The first kappa shape index (κ1) is 12.7. The number of para-hydroxylation sites is 1. The molecule has 0 unspecified atom stereocenters. The van der Waals surface area contributed by atoms with Crippen molar-refractivity contribution in [3.05, 3.63) is 35.6 Å². The van der Waals surface area contributed by atoms with Gasteiger partial charge in [-0.05, 0) is 39.0 Å². The van der Waals surface area contributed by atoms with Gasteiger partial charge in [-0.15, -0.1) is 0 Å². The smallest absolute Gasteiger partial charge is 0.134 e. The van der Waals surface area contributed by atoms with Crippen molar-refractivity contribution in [2.75, 3.05) is 20.1 Å². The number of piperidine rings is 1. The van der Waals surface area contributed by atoms with Crippen LogP contribution in [0, 0.1) is 0 Å². The Morgan fingerprint density at radius 2 is 1.95 bits per heavy atom. The number of nitrogens with zero attached hydrogens (tertiary/aromatic N) is 1. The van der Waals surface area contributed by atoms with E-state index in [0.29, 0.717) is 0 Å². The summed E-state index contributed by atoms with van der Waals surface area (Å²) in [5.41, 5.74) is 2.38. The van der Waals surface area contributed by atoms with Gasteiger partial charge < -0.3 is 9.73 Å². The van der Waals surface area contributed by atoms with Gasteiger partial charge in [-0.2, -0.15) is 0 Å². The van der Waals surface area contributed by atoms with Crippen LogP contribution in [0.3, 0.4) is 0 Å². The van der Waals surface area contributed by atoms with E-state index in [-0.39, 0.29) is 0 Å². The molecule has 1 aromatic carbocycles. The number of benzene rings is 1. The maximum Gasteiger partial charge on any atom is 0.134 e. The van der Waals surface area contributed by atoms with Crippen molar-refractivity contribution in [2.24, 2.45) is 0 Å². The molecule has 19 heavy (non-hydrogen) atoms. The van der Waals surface area contributed by atoms with E-state index < -0.39 is 0 Å². The van der Waals surface area contributed by atoms with Gasteiger partial charge in [0.05, 0.1) is 6.54 Å². The minimum Gasteiger partial charge on any atom is -0.459 e. The largest absolute Gasteiger partial charge is 0.459 e. The quantitative estimate of drug-likeness (QED) is 0.913. The fourth-order valence-electron chi connectivity index (χ4n) is 2.97. The van der Waals surface area contributed by atoms with Gasteiger partial charge in [0.25, 0.3) is 0 Å².